The Morgan fingerprint density at radius 2 is 0.821 bits per heavy atom. The van der Waals surface area contributed by atoms with Crippen LogP contribution in [-0.2, 0) is 19.1 Å². The van der Waals surface area contributed by atoms with Gasteiger partial charge in [0, 0.05) is 6.42 Å². The van der Waals surface area contributed by atoms with E-state index in [-0.39, 0.29) is 11.3 Å². The Balaban J connectivity index is 1.75. The molecule has 4 nitrogen and oxygen atoms in total. The molecule has 5 heteroatoms. The normalized spacial score (nSPS) is 11.6. The molecule has 1 aromatic carbocycles. The Hall–Kier alpha value is -1.36. The highest BCUT2D eigenvalue weighted by Crippen LogP contribution is 2.17. The number of unbranched alkanes of at least 4 members (excludes halogenated alkanes) is 24. The minimum Gasteiger partial charge on any atom is -0.342 e. The number of hydrogen-bond acceptors (Lipinski definition) is 4. The molecule has 0 N–H and O–H groups in total. The quantitative estimate of drug-likeness (QED) is 0.0750. The standard InChI is InChI=1S/C34H60O4S/c1-2-3-4-5-6-7-8-9-10-11-12-13-14-15-16-17-18-19-20-21-22-23-24-25-29-32-34(35)38-39(36,37)33-30-27-26-28-31-33/h26-28,30-31H,2-25,29,32H2,1H3. The zero-order valence-electron chi connectivity index (χ0n) is 25.3. The Labute approximate surface area is 242 Å². The summed E-state index contributed by atoms with van der Waals surface area (Å²) in [6, 6.07) is 7.82. The van der Waals surface area contributed by atoms with Gasteiger partial charge >= 0.3 is 16.1 Å². The first-order chi connectivity index (χ1) is 19.1. The molecule has 0 aliphatic heterocycles. The second-order valence-corrected chi connectivity index (χ2v) is 13.0. The van der Waals surface area contributed by atoms with Gasteiger partial charge in [-0.2, -0.15) is 8.42 Å². The number of carbonyl (C=O) groups excluding carboxylic acids is 1. The number of carbonyl (C=O) groups is 1. The van der Waals surface area contributed by atoms with E-state index >= 15 is 0 Å². The van der Waals surface area contributed by atoms with Crippen molar-refractivity contribution in [2.75, 3.05) is 0 Å². The Morgan fingerprint density at radius 1 is 0.513 bits per heavy atom. The van der Waals surface area contributed by atoms with Gasteiger partial charge in [-0.25, -0.2) is 0 Å². The van der Waals surface area contributed by atoms with Crippen LogP contribution >= 0.6 is 0 Å². The van der Waals surface area contributed by atoms with Crippen LogP contribution in [0.1, 0.15) is 174 Å². The number of benzene rings is 1. The van der Waals surface area contributed by atoms with Gasteiger partial charge in [-0.05, 0) is 18.6 Å². The molecule has 0 bridgehead atoms. The van der Waals surface area contributed by atoms with Crippen LogP contribution in [0.3, 0.4) is 0 Å². The van der Waals surface area contributed by atoms with Gasteiger partial charge in [-0.1, -0.05) is 179 Å². The molecule has 39 heavy (non-hydrogen) atoms. The van der Waals surface area contributed by atoms with E-state index in [2.05, 4.69) is 6.92 Å². The van der Waals surface area contributed by atoms with Crippen molar-refractivity contribution in [3.05, 3.63) is 30.3 Å². The third kappa shape index (κ3) is 22.1. The molecule has 0 aromatic heterocycles. The zero-order chi connectivity index (χ0) is 28.3. The van der Waals surface area contributed by atoms with E-state index in [9.17, 15) is 13.2 Å². The number of rotatable bonds is 28. The van der Waals surface area contributed by atoms with Crippen molar-refractivity contribution in [2.45, 2.75) is 179 Å². The molecule has 226 valence electrons. The lowest BCUT2D eigenvalue weighted by Gasteiger charge is -2.06. The zero-order valence-corrected chi connectivity index (χ0v) is 26.1. The average molecular weight is 565 g/mol. The first-order valence-electron chi connectivity index (χ1n) is 16.6. The summed E-state index contributed by atoms with van der Waals surface area (Å²) in [5.41, 5.74) is 0. The van der Waals surface area contributed by atoms with Crippen LogP contribution in [0.15, 0.2) is 35.2 Å². The van der Waals surface area contributed by atoms with Crippen molar-refractivity contribution in [1.82, 2.24) is 0 Å². The van der Waals surface area contributed by atoms with Gasteiger partial charge < -0.3 is 4.18 Å². The van der Waals surface area contributed by atoms with Crippen LogP contribution in [0.5, 0.6) is 0 Å². The molecule has 0 aliphatic carbocycles. The second-order valence-electron chi connectivity index (χ2n) is 11.5. The molecule has 0 saturated heterocycles. The second kappa shape index (κ2) is 25.6. The molecule has 0 fully saturated rings. The van der Waals surface area contributed by atoms with Crippen LogP contribution in [-0.4, -0.2) is 14.4 Å². The van der Waals surface area contributed by atoms with E-state index in [0.29, 0.717) is 6.42 Å². The van der Waals surface area contributed by atoms with Crippen LogP contribution in [0.4, 0.5) is 0 Å². The molecule has 1 aromatic rings. The van der Waals surface area contributed by atoms with Gasteiger partial charge in [0.05, 0.1) is 0 Å². The molecule has 0 atom stereocenters. The van der Waals surface area contributed by atoms with E-state index in [4.69, 9.17) is 4.18 Å². The largest absolute Gasteiger partial charge is 0.342 e. The minimum absolute atomic E-state index is 0.0214. The summed E-state index contributed by atoms with van der Waals surface area (Å²) in [4.78, 5) is 11.9. The van der Waals surface area contributed by atoms with Gasteiger partial charge in [-0.3, -0.25) is 4.79 Å². The molecule has 0 aliphatic rings. The molecule has 0 heterocycles. The summed E-state index contributed by atoms with van der Waals surface area (Å²) < 4.78 is 28.8. The number of hydrogen-bond donors (Lipinski definition) is 0. The van der Waals surface area contributed by atoms with E-state index in [1.807, 2.05) is 0 Å². The predicted molar refractivity (Wildman–Crippen MR) is 165 cm³/mol. The van der Waals surface area contributed by atoms with E-state index in [0.717, 1.165) is 12.8 Å². The summed E-state index contributed by atoms with van der Waals surface area (Å²) in [6.07, 6.45) is 33.6. The van der Waals surface area contributed by atoms with Crippen LogP contribution in [0.2, 0.25) is 0 Å². The van der Waals surface area contributed by atoms with Crippen molar-refractivity contribution in [1.29, 1.82) is 0 Å². The maximum Gasteiger partial charge on any atom is 0.341 e. The molecule has 1 rings (SSSR count). The summed E-state index contributed by atoms with van der Waals surface area (Å²) in [5, 5.41) is 0. The van der Waals surface area contributed by atoms with Crippen LogP contribution < -0.4 is 0 Å². The molecule has 0 unspecified atom stereocenters. The monoisotopic (exact) mass is 564 g/mol. The Morgan fingerprint density at radius 3 is 1.15 bits per heavy atom. The average Bonchev–Trinajstić information content (AvgIpc) is 2.93. The molecular formula is C34H60O4S. The summed E-state index contributed by atoms with van der Waals surface area (Å²) >= 11 is 0. The topological polar surface area (TPSA) is 60.4 Å². The Kier molecular flexibility index (Phi) is 23.4. The van der Waals surface area contributed by atoms with Crippen molar-refractivity contribution in [2.24, 2.45) is 0 Å². The van der Waals surface area contributed by atoms with E-state index in [1.54, 1.807) is 18.2 Å². The van der Waals surface area contributed by atoms with E-state index < -0.39 is 16.1 Å². The molecule has 0 saturated carbocycles. The minimum atomic E-state index is -3.99. The highest BCUT2D eigenvalue weighted by Gasteiger charge is 2.19. The van der Waals surface area contributed by atoms with Crippen molar-refractivity contribution in [3.8, 4) is 0 Å². The maximum absolute atomic E-state index is 12.0. The summed E-state index contributed by atoms with van der Waals surface area (Å²) in [7, 11) is -3.99. The lowest BCUT2D eigenvalue weighted by Crippen LogP contribution is -2.13. The fraction of sp³-hybridized carbons (Fsp3) is 0.794. The third-order valence-corrected chi connectivity index (χ3v) is 8.97. The van der Waals surface area contributed by atoms with Crippen LogP contribution in [0.25, 0.3) is 0 Å². The van der Waals surface area contributed by atoms with Crippen molar-refractivity contribution < 1.29 is 17.4 Å². The fourth-order valence-corrected chi connectivity index (χ4v) is 6.12. The van der Waals surface area contributed by atoms with Crippen molar-refractivity contribution >= 4 is 16.1 Å². The smallest absolute Gasteiger partial charge is 0.341 e. The van der Waals surface area contributed by atoms with Gasteiger partial charge in [0.25, 0.3) is 0 Å². The third-order valence-electron chi connectivity index (χ3n) is 7.72. The molecule has 0 spiro atoms. The molecule has 0 radical (unpaired) electrons. The lowest BCUT2D eigenvalue weighted by atomic mass is 10.0. The van der Waals surface area contributed by atoms with Gasteiger partial charge in [0.1, 0.15) is 4.90 Å². The predicted octanol–water partition coefficient (Wildman–Crippen LogP) is 11.1. The SMILES string of the molecule is CCCCCCCCCCCCCCCCCCCCCCCCCCCC(=O)OS(=O)(=O)c1ccccc1. The fourth-order valence-electron chi connectivity index (χ4n) is 5.21. The highest BCUT2D eigenvalue weighted by atomic mass is 32.2. The van der Waals surface area contributed by atoms with Crippen molar-refractivity contribution in [3.63, 3.8) is 0 Å². The first-order valence-corrected chi connectivity index (χ1v) is 18.0. The summed E-state index contributed by atoms with van der Waals surface area (Å²) in [6.45, 7) is 2.29. The van der Waals surface area contributed by atoms with Gasteiger partial charge in [0.15, 0.2) is 0 Å². The van der Waals surface area contributed by atoms with Gasteiger partial charge in [-0.15, -0.1) is 0 Å². The van der Waals surface area contributed by atoms with Gasteiger partial charge in [0.2, 0.25) is 0 Å². The molecule has 0 amide bonds. The summed E-state index contributed by atoms with van der Waals surface area (Å²) in [5.74, 6) is -0.659. The van der Waals surface area contributed by atoms with E-state index in [1.165, 1.54) is 153 Å². The van der Waals surface area contributed by atoms with Crippen LogP contribution in [0, 0.1) is 0 Å². The highest BCUT2D eigenvalue weighted by molar-refractivity contribution is 7.87. The first kappa shape index (κ1) is 35.7. The molecular weight excluding hydrogens is 504 g/mol. The lowest BCUT2D eigenvalue weighted by molar-refractivity contribution is -0.133. The maximum atomic E-state index is 12.0. The Bertz CT molecular complexity index is 776.